The molecular formula is C20H21FN4OS. The van der Waals surface area contributed by atoms with Gasteiger partial charge in [-0.05, 0) is 48.1 Å². The molecule has 0 aliphatic heterocycles. The Morgan fingerprint density at radius 1 is 1.19 bits per heavy atom. The van der Waals surface area contributed by atoms with E-state index < -0.39 is 0 Å². The van der Waals surface area contributed by atoms with E-state index in [1.54, 1.807) is 30.0 Å². The Bertz CT molecular complexity index is 939. The van der Waals surface area contributed by atoms with Gasteiger partial charge < -0.3 is 9.88 Å². The molecule has 5 nitrogen and oxygen atoms in total. The van der Waals surface area contributed by atoms with Gasteiger partial charge in [0.15, 0.2) is 11.0 Å². The summed E-state index contributed by atoms with van der Waals surface area (Å²) in [4.78, 5) is 12.5. The van der Waals surface area contributed by atoms with Crippen molar-refractivity contribution in [3.63, 3.8) is 0 Å². The lowest BCUT2D eigenvalue weighted by molar-refractivity contribution is 0.0937. The summed E-state index contributed by atoms with van der Waals surface area (Å²) in [6.45, 7) is 3.93. The Morgan fingerprint density at radius 2 is 1.93 bits per heavy atom. The van der Waals surface area contributed by atoms with Gasteiger partial charge in [-0.1, -0.05) is 43.0 Å². The molecule has 1 atom stereocenters. The van der Waals surface area contributed by atoms with Crippen LogP contribution in [0.25, 0.3) is 11.1 Å². The molecule has 0 fully saturated rings. The van der Waals surface area contributed by atoms with Crippen molar-refractivity contribution in [3.05, 3.63) is 65.7 Å². The van der Waals surface area contributed by atoms with Crippen LogP contribution in [-0.2, 0) is 7.05 Å². The smallest absolute Gasteiger partial charge is 0.251 e. The maximum atomic E-state index is 13.4. The average molecular weight is 384 g/mol. The fourth-order valence-electron chi connectivity index (χ4n) is 2.78. The van der Waals surface area contributed by atoms with Gasteiger partial charge in [-0.15, -0.1) is 10.2 Å². The standard InChI is InChI=1S/C20H21FN4OS/c1-4-27-20-24-23-18(25(20)3)13(2)22-19(26)15-10-8-14(9-11-15)16-6-5-7-17(21)12-16/h5-13H,4H2,1-3H3,(H,22,26)/t13-/m1/s1. The minimum absolute atomic E-state index is 0.194. The highest BCUT2D eigenvalue weighted by atomic mass is 32.2. The Hall–Kier alpha value is -2.67. The van der Waals surface area contributed by atoms with Crippen LogP contribution in [0.2, 0.25) is 0 Å². The lowest BCUT2D eigenvalue weighted by Crippen LogP contribution is -2.28. The van der Waals surface area contributed by atoms with Crippen LogP contribution in [0.3, 0.4) is 0 Å². The minimum Gasteiger partial charge on any atom is -0.342 e. The number of carbonyl (C=O) groups is 1. The zero-order chi connectivity index (χ0) is 19.4. The summed E-state index contributed by atoms with van der Waals surface area (Å²) in [5, 5.41) is 12.1. The van der Waals surface area contributed by atoms with Gasteiger partial charge in [0.2, 0.25) is 0 Å². The first-order valence-corrected chi connectivity index (χ1v) is 9.67. The molecule has 2 aromatic carbocycles. The number of carbonyl (C=O) groups excluding carboxylic acids is 1. The average Bonchev–Trinajstić information content (AvgIpc) is 3.03. The van der Waals surface area contributed by atoms with E-state index in [2.05, 4.69) is 22.4 Å². The second kappa shape index (κ2) is 8.35. The van der Waals surface area contributed by atoms with Crippen LogP contribution in [0.1, 0.15) is 36.1 Å². The summed E-state index contributed by atoms with van der Waals surface area (Å²) >= 11 is 1.61. The predicted octanol–water partition coefficient (Wildman–Crippen LogP) is 4.22. The summed E-state index contributed by atoms with van der Waals surface area (Å²) in [5.41, 5.74) is 2.16. The van der Waals surface area contributed by atoms with Gasteiger partial charge in [-0.3, -0.25) is 4.79 Å². The van der Waals surface area contributed by atoms with Crippen LogP contribution < -0.4 is 5.32 Å². The largest absolute Gasteiger partial charge is 0.342 e. The molecule has 0 unspecified atom stereocenters. The van der Waals surface area contributed by atoms with Gasteiger partial charge in [0.05, 0.1) is 6.04 Å². The zero-order valence-electron chi connectivity index (χ0n) is 15.4. The van der Waals surface area contributed by atoms with Crippen LogP contribution in [0.5, 0.6) is 0 Å². The summed E-state index contributed by atoms with van der Waals surface area (Å²) in [6, 6.07) is 13.2. The number of halogens is 1. The van der Waals surface area contributed by atoms with E-state index >= 15 is 0 Å². The van der Waals surface area contributed by atoms with E-state index in [1.165, 1.54) is 12.1 Å². The summed E-state index contributed by atoms with van der Waals surface area (Å²) < 4.78 is 15.3. The zero-order valence-corrected chi connectivity index (χ0v) is 16.3. The fraction of sp³-hybridized carbons (Fsp3) is 0.250. The van der Waals surface area contributed by atoms with E-state index in [4.69, 9.17) is 0 Å². The first kappa shape index (κ1) is 19.1. The summed E-state index contributed by atoms with van der Waals surface area (Å²) in [6.07, 6.45) is 0. The number of hydrogen-bond donors (Lipinski definition) is 1. The molecule has 0 radical (unpaired) electrons. The van der Waals surface area contributed by atoms with Crippen LogP contribution in [0.4, 0.5) is 4.39 Å². The first-order chi connectivity index (χ1) is 13.0. The van der Waals surface area contributed by atoms with Crippen molar-refractivity contribution in [1.29, 1.82) is 0 Å². The number of rotatable bonds is 6. The van der Waals surface area contributed by atoms with E-state index in [0.29, 0.717) is 11.4 Å². The lowest BCUT2D eigenvalue weighted by atomic mass is 10.0. The fourth-order valence-corrected chi connectivity index (χ4v) is 3.43. The number of amides is 1. The number of hydrogen-bond acceptors (Lipinski definition) is 4. The van der Waals surface area contributed by atoms with Gasteiger partial charge in [0.1, 0.15) is 5.82 Å². The lowest BCUT2D eigenvalue weighted by Gasteiger charge is -2.14. The van der Waals surface area contributed by atoms with E-state index in [0.717, 1.165) is 22.0 Å². The SMILES string of the molecule is CCSc1nnc([C@@H](C)NC(=O)c2ccc(-c3cccc(F)c3)cc2)n1C. The van der Waals surface area contributed by atoms with Crippen molar-refractivity contribution >= 4 is 17.7 Å². The van der Waals surface area contributed by atoms with E-state index in [1.807, 2.05) is 36.7 Å². The number of nitrogens with zero attached hydrogens (tertiary/aromatic N) is 3. The topological polar surface area (TPSA) is 59.8 Å². The Labute approximate surface area is 162 Å². The van der Waals surface area contributed by atoms with Gasteiger partial charge >= 0.3 is 0 Å². The van der Waals surface area contributed by atoms with Crippen molar-refractivity contribution < 1.29 is 9.18 Å². The molecule has 1 heterocycles. The summed E-state index contributed by atoms with van der Waals surface area (Å²) in [5.74, 6) is 1.13. The molecule has 0 spiro atoms. The van der Waals surface area contributed by atoms with E-state index in [9.17, 15) is 9.18 Å². The normalized spacial score (nSPS) is 12.0. The Kier molecular flexibility index (Phi) is 5.91. The van der Waals surface area contributed by atoms with Crippen LogP contribution in [-0.4, -0.2) is 26.4 Å². The monoisotopic (exact) mass is 384 g/mol. The van der Waals surface area contributed by atoms with Crippen molar-refractivity contribution in [1.82, 2.24) is 20.1 Å². The van der Waals surface area contributed by atoms with Crippen molar-refractivity contribution in [3.8, 4) is 11.1 Å². The minimum atomic E-state index is -0.285. The van der Waals surface area contributed by atoms with Gasteiger partial charge in [-0.2, -0.15) is 0 Å². The molecule has 3 aromatic rings. The molecule has 0 aliphatic carbocycles. The third-order valence-corrected chi connectivity index (χ3v) is 5.08. The van der Waals surface area contributed by atoms with Gasteiger partial charge in [0, 0.05) is 12.6 Å². The number of aromatic nitrogens is 3. The number of thioether (sulfide) groups is 1. The third-order valence-electron chi connectivity index (χ3n) is 4.18. The molecule has 1 aromatic heterocycles. The maximum Gasteiger partial charge on any atom is 0.251 e. The summed E-state index contributed by atoms with van der Waals surface area (Å²) in [7, 11) is 1.89. The molecule has 0 bridgehead atoms. The maximum absolute atomic E-state index is 13.4. The Balaban J connectivity index is 1.71. The van der Waals surface area contributed by atoms with E-state index in [-0.39, 0.29) is 17.8 Å². The molecule has 3 rings (SSSR count). The van der Waals surface area contributed by atoms with Crippen molar-refractivity contribution in [2.75, 3.05) is 5.75 Å². The highest BCUT2D eigenvalue weighted by molar-refractivity contribution is 7.99. The molecule has 0 aliphatic rings. The molecular weight excluding hydrogens is 363 g/mol. The molecule has 0 saturated heterocycles. The third kappa shape index (κ3) is 4.36. The molecule has 0 saturated carbocycles. The van der Waals surface area contributed by atoms with Gasteiger partial charge in [-0.25, -0.2) is 4.39 Å². The molecule has 7 heteroatoms. The number of nitrogens with one attached hydrogen (secondary N) is 1. The van der Waals surface area contributed by atoms with Crippen LogP contribution >= 0.6 is 11.8 Å². The second-order valence-corrected chi connectivity index (χ2v) is 7.35. The van der Waals surface area contributed by atoms with Gasteiger partial charge in [0.25, 0.3) is 5.91 Å². The highest BCUT2D eigenvalue weighted by Gasteiger charge is 2.18. The Morgan fingerprint density at radius 3 is 2.59 bits per heavy atom. The quantitative estimate of drug-likeness (QED) is 0.647. The predicted molar refractivity (Wildman–Crippen MR) is 105 cm³/mol. The molecule has 140 valence electrons. The van der Waals surface area contributed by atoms with Crippen LogP contribution in [0, 0.1) is 5.82 Å². The molecule has 1 amide bonds. The number of benzene rings is 2. The van der Waals surface area contributed by atoms with Crippen LogP contribution in [0.15, 0.2) is 53.7 Å². The first-order valence-electron chi connectivity index (χ1n) is 8.68. The molecule has 1 N–H and O–H groups in total. The van der Waals surface area contributed by atoms with Crippen molar-refractivity contribution in [2.24, 2.45) is 7.05 Å². The highest BCUT2D eigenvalue weighted by Crippen LogP contribution is 2.22. The second-order valence-electron chi connectivity index (χ2n) is 6.12. The molecule has 27 heavy (non-hydrogen) atoms. The van der Waals surface area contributed by atoms with Crippen molar-refractivity contribution in [2.45, 2.75) is 25.0 Å².